The molecule has 4 amide bonds. The lowest BCUT2D eigenvalue weighted by molar-refractivity contribution is -0.134. The fourth-order valence-electron chi connectivity index (χ4n) is 7.56. The summed E-state index contributed by atoms with van der Waals surface area (Å²) in [7, 11) is 0. The molecule has 0 saturated carbocycles. The molecule has 4 N–H and O–H groups in total. The predicted octanol–water partition coefficient (Wildman–Crippen LogP) is 9.25. The van der Waals surface area contributed by atoms with Gasteiger partial charge in [0.1, 0.15) is 0 Å². The van der Waals surface area contributed by atoms with Crippen molar-refractivity contribution in [2.75, 3.05) is 21.3 Å². The van der Waals surface area contributed by atoms with E-state index in [0.29, 0.717) is 22.7 Å². The molecule has 0 fully saturated rings. The van der Waals surface area contributed by atoms with Gasteiger partial charge in [0.25, 0.3) is 0 Å². The van der Waals surface area contributed by atoms with Crippen LogP contribution in [0.2, 0.25) is 0 Å². The number of carbonyl (C=O) groups excluding carboxylic acids is 4. The number of rotatable bonds is 11. The molecule has 0 aromatic heterocycles. The smallest absolute Gasteiger partial charge is 0.228 e. The number of hydrogen-bond donors (Lipinski definition) is 4. The van der Waals surface area contributed by atoms with Crippen LogP contribution < -0.4 is 21.3 Å². The molecule has 0 heterocycles. The van der Waals surface area contributed by atoms with Crippen LogP contribution in [0.5, 0.6) is 0 Å². The molecule has 0 bridgehead atoms. The van der Waals surface area contributed by atoms with Gasteiger partial charge in [0, 0.05) is 35.6 Å². The van der Waals surface area contributed by atoms with Crippen molar-refractivity contribution < 1.29 is 19.2 Å². The van der Waals surface area contributed by atoms with E-state index >= 15 is 0 Å². The van der Waals surface area contributed by atoms with Gasteiger partial charge in [-0.3, -0.25) is 19.2 Å². The van der Waals surface area contributed by atoms with E-state index in [1.165, 1.54) is 0 Å². The number of carbonyl (C=O) groups is 4. The van der Waals surface area contributed by atoms with Gasteiger partial charge in [-0.05, 0) is 128 Å². The zero-order valence-electron chi connectivity index (χ0n) is 32.8. The highest BCUT2D eigenvalue weighted by molar-refractivity contribution is 6.06. The molecule has 4 aromatic rings. The van der Waals surface area contributed by atoms with Crippen LogP contribution in [-0.2, 0) is 19.2 Å². The van der Waals surface area contributed by atoms with Gasteiger partial charge in [-0.15, -0.1) is 0 Å². The molecule has 4 rings (SSSR count). The SMILES string of the molecule is Cc1cc(C)c(NC(=O)CC(C(=O)Nc2c(C)cc(C)cc2C)C(CC(=O)Nc2c(C)cc(C)cc2C)C(=O)Nc2c(C)cc(C)cc2C)c(C)c1. The highest BCUT2D eigenvalue weighted by Gasteiger charge is 2.38. The monoisotopic (exact) mass is 702 g/mol. The maximum absolute atomic E-state index is 14.5. The third-order valence-corrected chi connectivity index (χ3v) is 9.70. The minimum absolute atomic E-state index is 0.331. The summed E-state index contributed by atoms with van der Waals surface area (Å²) in [6, 6.07) is 15.8. The molecule has 52 heavy (non-hydrogen) atoms. The van der Waals surface area contributed by atoms with Crippen LogP contribution in [0.1, 0.15) is 79.6 Å². The Hall–Kier alpha value is -5.24. The maximum atomic E-state index is 14.5. The van der Waals surface area contributed by atoms with Crippen molar-refractivity contribution in [3.63, 3.8) is 0 Å². The Morgan fingerprint density at radius 1 is 0.365 bits per heavy atom. The summed E-state index contributed by atoms with van der Waals surface area (Å²) < 4.78 is 0. The van der Waals surface area contributed by atoms with Crippen LogP contribution in [0, 0.1) is 94.9 Å². The summed E-state index contributed by atoms with van der Waals surface area (Å²) in [6.45, 7) is 23.3. The van der Waals surface area contributed by atoms with Crippen LogP contribution >= 0.6 is 0 Å². The molecule has 2 atom stereocenters. The summed E-state index contributed by atoms with van der Waals surface area (Å²) in [5, 5.41) is 12.1. The minimum Gasteiger partial charge on any atom is -0.326 e. The number of nitrogens with one attached hydrogen (secondary N) is 4. The Morgan fingerprint density at radius 2 is 0.558 bits per heavy atom. The van der Waals surface area contributed by atoms with Crippen molar-refractivity contribution >= 4 is 46.4 Å². The fraction of sp³-hybridized carbons (Fsp3) is 0.364. The topological polar surface area (TPSA) is 116 Å². The number of benzene rings is 4. The van der Waals surface area contributed by atoms with Gasteiger partial charge in [-0.2, -0.15) is 0 Å². The van der Waals surface area contributed by atoms with E-state index in [1.54, 1.807) is 0 Å². The highest BCUT2D eigenvalue weighted by atomic mass is 16.2. The lowest BCUT2D eigenvalue weighted by atomic mass is 9.84. The summed E-state index contributed by atoms with van der Waals surface area (Å²) in [4.78, 5) is 57.0. The highest BCUT2D eigenvalue weighted by Crippen LogP contribution is 2.31. The van der Waals surface area contributed by atoms with Crippen LogP contribution in [0.15, 0.2) is 48.5 Å². The van der Waals surface area contributed by atoms with Crippen LogP contribution in [-0.4, -0.2) is 23.6 Å². The van der Waals surface area contributed by atoms with E-state index in [4.69, 9.17) is 0 Å². The first-order valence-electron chi connectivity index (χ1n) is 17.9. The molecule has 0 aliphatic carbocycles. The number of amides is 4. The Labute approximate surface area is 309 Å². The summed E-state index contributed by atoms with van der Waals surface area (Å²) in [6.07, 6.45) is -0.662. The zero-order valence-corrected chi connectivity index (χ0v) is 32.8. The van der Waals surface area contributed by atoms with Gasteiger partial charge in [0.2, 0.25) is 23.6 Å². The van der Waals surface area contributed by atoms with Gasteiger partial charge < -0.3 is 21.3 Å². The first-order valence-corrected chi connectivity index (χ1v) is 17.9. The molecule has 0 spiro atoms. The van der Waals surface area contributed by atoms with Crippen LogP contribution in [0.25, 0.3) is 0 Å². The van der Waals surface area contributed by atoms with Gasteiger partial charge >= 0.3 is 0 Å². The Morgan fingerprint density at radius 3 is 0.769 bits per heavy atom. The van der Waals surface area contributed by atoms with Crippen LogP contribution in [0.3, 0.4) is 0 Å². The third kappa shape index (κ3) is 9.55. The van der Waals surface area contributed by atoms with Crippen molar-refractivity contribution in [2.24, 2.45) is 11.8 Å². The van der Waals surface area contributed by atoms with Crippen molar-refractivity contribution in [3.8, 4) is 0 Å². The van der Waals surface area contributed by atoms with Crippen molar-refractivity contribution in [3.05, 3.63) is 115 Å². The van der Waals surface area contributed by atoms with Crippen LogP contribution in [0.4, 0.5) is 22.7 Å². The fourth-order valence-corrected chi connectivity index (χ4v) is 7.56. The number of anilines is 4. The van der Waals surface area contributed by atoms with Crippen molar-refractivity contribution in [1.29, 1.82) is 0 Å². The van der Waals surface area contributed by atoms with Gasteiger partial charge in [-0.25, -0.2) is 0 Å². The first-order chi connectivity index (χ1) is 24.3. The van der Waals surface area contributed by atoms with Crippen molar-refractivity contribution in [1.82, 2.24) is 0 Å². The number of aryl methyl sites for hydroxylation is 12. The Bertz CT molecular complexity index is 1820. The predicted molar refractivity (Wildman–Crippen MR) is 213 cm³/mol. The molecule has 8 nitrogen and oxygen atoms in total. The average molecular weight is 703 g/mol. The molecule has 4 aromatic carbocycles. The summed E-state index contributed by atoms with van der Waals surface area (Å²) in [5.74, 6) is -4.31. The second-order valence-electron chi connectivity index (χ2n) is 14.8. The van der Waals surface area contributed by atoms with E-state index in [2.05, 4.69) is 21.3 Å². The molecule has 0 aliphatic heterocycles. The van der Waals surface area contributed by atoms with Gasteiger partial charge in [-0.1, -0.05) is 70.8 Å². The van der Waals surface area contributed by atoms with Crippen molar-refractivity contribution in [2.45, 2.75) is 95.9 Å². The molecule has 274 valence electrons. The Kier molecular flexibility index (Phi) is 12.5. The normalized spacial score (nSPS) is 12.2. The van der Waals surface area contributed by atoms with Gasteiger partial charge in [0.15, 0.2) is 0 Å². The molecule has 0 aliphatic rings. The van der Waals surface area contributed by atoms with E-state index in [1.807, 2.05) is 132 Å². The lowest BCUT2D eigenvalue weighted by Gasteiger charge is -2.27. The molecule has 2 unspecified atom stereocenters. The molecular formula is C44H54N4O4. The second-order valence-corrected chi connectivity index (χ2v) is 14.8. The van der Waals surface area contributed by atoms with Gasteiger partial charge in [0.05, 0.1) is 11.8 Å². The first kappa shape index (κ1) is 39.5. The summed E-state index contributed by atoms with van der Waals surface area (Å²) >= 11 is 0. The molecular weight excluding hydrogens is 649 g/mol. The standard InChI is InChI=1S/C44H54N4O4/c1-23-13-27(5)39(28(6)14-23)45-37(49)21-35(43(51)47-41-31(9)17-25(3)18-32(41)10)36(44(52)48-42-33(11)19-26(4)20-34(42)12)22-38(50)46-40-29(7)15-24(2)16-30(40)8/h13-20,35-36H,21-22H2,1-12H3,(H,45,49)(H,46,50)(H,47,51)(H,48,52). The molecule has 0 radical (unpaired) electrons. The zero-order chi connectivity index (χ0) is 38.6. The largest absolute Gasteiger partial charge is 0.326 e. The van der Waals surface area contributed by atoms with E-state index < -0.39 is 35.5 Å². The average Bonchev–Trinajstić information content (AvgIpc) is 3.01. The third-order valence-electron chi connectivity index (χ3n) is 9.70. The quantitative estimate of drug-likeness (QED) is 0.125. The molecule has 8 heteroatoms. The maximum Gasteiger partial charge on any atom is 0.228 e. The Balaban J connectivity index is 1.80. The van der Waals surface area contributed by atoms with E-state index in [-0.39, 0.29) is 12.8 Å². The minimum atomic E-state index is -1.21. The second kappa shape index (κ2) is 16.4. The lowest BCUT2D eigenvalue weighted by Crippen LogP contribution is -2.41. The van der Waals surface area contributed by atoms with E-state index in [0.717, 1.165) is 66.8 Å². The van der Waals surface area contributed by atoms with E-state index in [9.17, 15) is 19.2 Å². The molecule has 0 saturated heterocycles. The summed E-state index contributed by atoms with van der Waals surface area (Å²) in [5.41, 5.74) is 13.8. The number of hydrogen-bond acceptors (Lipinski definition) is 4.